The molecule has 2 rings (SSSR count). The molecule has 82 valence electrons. The van der Waals surface area contributed by atoms with Crippen LogP contribution >= 0.6 is 15.9 Å². The number of aromatic nitrogens is 1. The molecule has 1 N–H and O–H groups in total. The summed E-state index contributed by atoms with van der Waals surface area (Å²) in [6.45, 7) is 0.449. The molecular formula is C12H10BrFN2. The van der Waals surface area contributed by atoms with E-state index in [1.54, 1.807) is 24.5 Å². The molecule has 0 spiro atoms. The second-order valence-corrected chi connectivity index (χ2v) is 4.25. The highest BCUT2D eigenvalue weighted by molar-refractivity contribution is 9.10. The molecule has 4 heteroatoms. The maximum absolute atomic E-state index is 13.3. The summed E-state index contributed by atoms with van der Waals surface area (Å²) in [4.78, 5) is 4.02. The van der Waals surface area contributed by atoms with Crippen LogP contribution in [0, 0.1) is 5.82 Å². The molecule has 1 heterocycles. The van der Waals surface area contributed by atoms with Crippen molar-refractivity contribution < 1.29 is 4.39 Å². The quantitative estimate of drug-likeness (QED) is 0.929. The Morgan fingerprint density at radius 1 is 1.25 bits per heavy atom. The lowest BCUT2D eigenvalue weighted by Gasteiger charge is -2.06. The molecule has 0 saturated carbocycles. The number of hydrogen-bond donors (Lipinski definition) is 1. The third-order valence-corrected chi connectivity index (χ3v) is 2.58. The van der Waals surface area contributed by atoms with E-state index in [0.29, 0.717) is 12.1 Å². The first kappa shape index (κ1) is 11.1. The molecule has 0 saturated heterocycles. The second-order valence-electron chi connectivity index (χ2n) is 3.34. The molecule has 0 fully saturated rings. The van der Waals surface area contributed by atoms with E-state index in [0.717, 1.165) is 10.2 Å². The maximum Gasteiger partial charge on any atom is 0.128 e. The number of nitrogens with zero attached hydrogens (tertiary/aromatic N) is 1. The highest BCUT2D eigenvalue weighted by Crippen LogP contribution is 2.15. The summed E-state index contributed by atoms with van der Waals surface area (Å²) in [6, 6.07) is 8.61. The zero-order valence-corrected chi connectivity index (χ0v) is 10.0. The first-order valence-electron chi connectivity index (χ1n) is 4.83. The Balaban J connectivity index is 2.05. The molecule has 0 amide bonds. The van der Waals surface area contributed by atoms with Gasteiger partial charge in [-0.2, -0.15) is 0 Å². The Bertz CT molecular complexity index is 488. The van der Waals surface area contributed by atoms with Crippen LogP contribution in [0.1, 0.15) is 5.56 Å². The Hall–Kier alpha value is -1.42. The molecule has 2 nitrogen and oxygen atoms in total. The van der Waals surface area contributed by atoms with E-state index >= 15 is 0 Å². The Labute approximate surface area is 102 Å². The van der Waals surface area contributed by atoms with Gasteiger partial charge in [-0.15, -0.1) is 0 Å². The van der Waals surface area contributed by atoms with Crippen LogP contribution in [0.4, 0.5) is 10.1 Å². The van der Waals surface area contributed by atoms with Gasteiger partial charge in [0.2, 0.25) is 0 Å². The van der Waals surface area contributed by atoms with Crippen molar-refractivity contribution in [3.63, 3.8) is 0 Å². The van der Waals surface area contributed by atoms with E-state index in [-0.39, 0.29) is 5.82 Å². The summed E-state index contributed by atoms with van der Waals surface area (Å²) in [5.41, 5.74) is 1.50. The van der Waals surface area contributed by atoms with Crippen molar-refractivity contribution in [1.29, 1.82) is 0 Å². The minimum absolute atomic E-state index is 0.196. The van der Waals surface area contributed by atoms with Gasteiger partial charge in [-0.1, -0.05) is 18.2 Å². The van der Waals surface area contributed by atoms with Gasteiger partial charge in [0, 0.05) is 22.8 Å². The topological polar surface area (TPSA) is 24.9 Å². The lowest BCUT2D eigenvalue weighted by Crippen LogP contribution is -2.01. The van der Waals surface area contributed by atoms with Gasteiger partial charge in [0.25, 0.3) is 0 Å². The van der Waals surface area contributed by atoms with Crippen LogP contribution in [-0.2, 0) is 6.54 Å². The highest BCUT2D eigenvalue weighted by atomic mass is 79.9. The van der Waals surface area contributed by atoms with Crippen molar-refractivity contribution in [3.8, 4) is 0 Å². The molecule has 0 aliphatic carbocycles. The largest absolute Gasteiger partial charge is 0.380 e. The zero-order valence-electron chi connectivity index (χ0n) is 8.45. The SMILES string of the molecule is Fc1ccccc1CNc1cncc(Br)c1. The predicted molar refractivity (Wildman–Crippen MR) is 65.7 cm³/mol. The minimum Gasteiger partial charge on any atom is -0.380 e. The lowest BCUT2D eigenvalue weighted by atomic mass is 10.2. The van der Waals surface area contributed by atoms with Crippen molar-refractivity contribution in [2.75, 3.05) is 5.32 Å². The molecule has 1 aromatic carbocycles. The standard InChI is InChI=1S/C12H10BrFN2/c13-10-5-11(8-15-7-10)16-6-9-3-1-2-4-12(9)14/h1-5,7-8,16H,6H2. The fraction of sp³-hybridized carbons (Fsp3) is 0.0833. The molecule has 0 radical (unpaired) electrons. The Morgan fingerprint density at radius 2 is 2.06 bits per heavy atom. The van der Waals surface area contributed by atoms with Crippen molar-refractivity contribution in [2.45, 2.75) is 6.54 Å². The lowest BCUT2D eigenvalue weighted by molar-refractivity contribution is 0.613. The van der Waals surface area contributed by atoms with E-state index < -0.39 is 0 Å². The summed E-state index contributed by atoms with van der Waals surface area (Å²) >= 11 is 3.33. The molecule has 1 aromatic heterocycles. The van der Waals surface area contributed by atoms with Gasteiger partial charge in [-0.25, -0.2) is 4.39 Å². The Morgan fingerprint density at radius 3 is 2.81 bits per heavy atom. The molecular weight excluding hydrogens is 271 g/mol. The first-order chi connectivity index (χ1) is 7.75. The molecule has 2 aromatic rings. The van der Waals surface area contributed by atoms with Gasteiger partial charge in [0.05, 0.1) is 11.9 Å². The molecule has 0 aliphatic heterocycles. The van der Waals surface area contributed by atoms with Crippen molar-refractivity contribution in [3.05, 3.63) is 58.6 Å². The third-order valence-electron chi connectivity index (χ3n) is 2.15. The van der Waals surface area contributed by atoms with Crippen LogP contribution in [0.5, 0.6) is 0 Å². The van der Waals surface area contributed by atoms with E-state index in [1.807, 2.05) is 12.1 Å². The number of anilines is 1. The molecule has 0 atom stereocenters. The van der Waals surface area contributed by atoms with Crippen LogP contribution < -0.4 is 5.32 Å². The summed E-state index contributed by atoms with van der Waals surface area (Å²) < 4.78 is 14.2. The Kier molecular flexibility index (Phi) is 3.51. The molecule has 0 aliphatic rings. The van der Waals surface area contributed by atoms with E-state index in [9.17, 15) is 4.39 Å². The monoisotopic (exact) mass is 280 g/mol. The van der Waals surface area contributed by atoms with E-state index in [1.165, 1.54) is 6.07 Å². The molecule has 16 heavy (non-hydrogen) atoms. The number of hydrogen-bond acceptors (Lipinski definition) is 2. The minimum atomic E-state index is -0.196. The number of benzene rings is 1. The molecule has 0 unspecified atom stereocenters. The van der Waals surface area contributed by atoms with E-state index in [4.69, 9.17) is 0 Å². The van der Waals surface area contributed by atoms with Gasteiger partial charge in [0.1, 0.15) is 5.82 Å². The fourth-order valence-corrected chi connectivity index (χ4v) is 1.71. The normalized spacial score (nSPS) is 10.1. The van der Waals surface area contributed by atoms with Crippen LogP contribution in [-0.4, -0.2) is 4.98 Å². The first-order valence-corrected chi connectivity index (χ1v) is 5.63. The zero-order chi connectivity index (χ0) is 11.4. The number of pyridine rings is 1. The molecule has 0 bridgehead atoms. The number of halogens is 2. The van der Waals surface area contributed by atoms with Crippen molar-refractivity contribution >= 4 is 21.6 Å². The third kappa shape index (κ3) is 2.79. The average Bonchev–Trinajstić information content (AvgIpc) is 2.28. The van der Waals surface area contributed by atoms with Crippen LogP contribution in [0.15, 0.2) is 47.2 Å². The maximum atomic E-state index is 13.3. The van der Waals surface area contributed by atoms with Gasteiger partial charge in [-0.05, 0) is 28.1 Å². The van der Waals surface area contributed by atoms with Gasteiger partial charge in [-0.3, -0.25) is 4.98 Å². The fourth-order valence-electron chi connectivity index (χ4n) is 1.35. The second kappa shape index (κ2) is 5.07. The van der Waals surface area contributed by atoms with Crippen molar-refractivity contribution in [2.24, 2.45) is 0 Å². The smallest absolute Gasteiger partial charge is 0.128 e. The summed E-state index contributed by atoms with van der Waals surface area (Å²) in [5, 5.41) is 3.11. The van der Waals surface area contributed by atoms with Crippen LogP contribution in [0.2, 0.25) is 0 Å². The van der Waals surface area contributed by atoms with Gasteiger partial charge < -0.3 is 5.32 Å². The summed E-state index contributed by atoms with van der Waals surface area (Å²) in [7, 11) is 0. The van der Waals surface area contributed by atoms with Crippen LogP contribution in [0.3, 0.4) is 0 Å². The summed E-state index contributed by atoms with van der Waals surface area (Å²) in [6.07, 6.45) is 3.40. The number of nitrogens with one attached hydrogen (secondary N) is 1. The van der Waals surface area contributed by atoms with Gasteiger partial charge in [0.15, 0.2) is 0 Å². The predicted octanol–water partition coefficient (Wildman–Crippen LogP) is 3.60. The average molecular weight is 281 g/mol. The van der Waals surface area contributed by atoms with Crippen molar-refractivity contribution in [1.82, 2.24) is 4.98 Å². The highest BCUT2D eigenvalue weighted by Gasteiger charge is 2.00. The van der Waals surface area contributed by atoms with Crippen LogP contribution in [0.25, 0.3) is 0 Å². The van der Waals surface area contributed by atoms with Gasteiger partial charge >= 0.3 is 0 Å². The number of rotatable bonds is 3. The van der Waals surface area contributed by atoms with E-state index in [2.05, 4.69) is 26.2 Å². The summed E-state index contributed by atoms with van der Waals surface area (Å²) in [5.74, 6) is -0.196.